The second-order valence-corrected chi connectivity index (χ2v) is 7.96. The lowest BCUT2D eigenvalue weighted by atomic mass is 9.78. The first-order valence-electron chi connectivity index (χ1n) is 10.4. The zero-order chi connectivity index (χ0) is 19.2. The molecule has 0 amide bonds. The number of anilines is 1. The Morgan fingerprint density at radius 3 is 2.75 bits per heavy atom. The smallest absolute Gasteiger partial charge is 0.160 e. The van der Waals surface area contributed by atoms with E-state index in [1.807, 2.05) is 6.07 Å². The standard InChI is InChI=1S/C22H29N5O/c28-20(8-4-7-16-5-2-1-3-6-16)18-11-9-17(10-12-18)13-23-21-19-14-26-27-22(19)25-15-24-21/h1-3,5-6,14-15,17-18,20,28H,4,7-13H2,(H2,23,24,25,26,27). The van der Waals surface area contributed by atoms with E-state index in [1.165, 1.54) is 5.56 Å². The van der Waals surface area contributed by atoms with Gasteiger partial charge in [-0.15, -0.1) is 0 Å². The molecule has 148 valence electrons. The summed E-state index contributed by atoms with van der Waals surface area (Å²) in [6.45, 7) is 0.911. The van der Waals surface area contributed by atoms with Crippen molar-refractivity contribution in [2.45, 2.75) is 51.0 Å². The van der Waals surface area contributed by atoms with Gasteiger partial charge in [0.2, 0.25) is 0 Å². The molecule has 2 aromatic heterocycles. The summed E-state index contributed by atoms with van der Waals surface area (Å²) in [6.07, 6.45) is 10.7. The molecule has 1 aromatic carbocycles. The Hall–Kier alpha value is -2.47. The molecule has 6 heteroatoms. The summed E-state index contributed by atoms with van der Waals surface area (Å²) >= 11 is 0. The Kier molecular flexibility index (Phi) is 6.17. The minimum atomic E-state index is -0.162. The molecule has 4 rings (SSSR count). The van der Waals surface area contributed by atoms with Crippen LogP contribution < -0.4 is 5.32 Å². The van der Waals surface area contributed by atoms with Crippen LogP contribution in [-0.2, 0) is 6.42 Å². The van der Waals surface area contributed by atoms with Crippen LogP contribution in [0.1, 0.15) is 44.1 Å². The van der Waals surface area contributed by atoms with Crippen molar-refractivity contribution in [2.24, 2.45) is 11.8 Å². The Balaban J connectivity index is 1.18. The van der Waals surface area contributed by atoms with Gasteiger partial charge in [0.05, 0.1) is 17.7 Å². The third-order valence-corrected chi connectivity index (χ3v) is 6.05. The highest BCUT2D eigenvalue weighted by atomic mass is 16.3. The molecule has 1 atom stereocenters. The lowest BCUT2D eigenvalue weighted by Crippen LogP contribution is -2.28. The molecule has 6 nitrogen and oxygen atoms in total. The van der Waals surface area contributed by atoms with E-state index in [2.05, 4.69) is 49.7 Å². The highest BCUT2D eigenvalue weighted by Crippen LogP contribution is 2.32. The van der Waals surface area contributed by atoms with Crippen molar-refractivity contribution in [1.82, 2.24) is 20.2 Å². The summed E-state index contributed by atoms with van der Waals surface area (Å²) in [7, 11) is 0. The number of H-pyrrole nitrogens is 1. The number of hydrogen-bond acceptors (Lipinski definition) is 5. The predicted molar refractivity (Wildman–Crippen MR) is 111 cm³/mol. The molecule has 1 unspecified atom stereocenters. The number of nitrogens with one attached hydrogen (secondary N) is 2. The quantitative estimate of drug-likeness (QED) is 0.551. The first-order valence-corrected chi connectivity index (χ1v) is 10.4. The molecule has 0 aliphatic heterocycles. The number of fused-ring (bicyclic) bond motifs is 1. The monoisotopic (exact) mass is 379 g/mol. The van der Waals surface area contributed by atoms with Crippen molar-refractivity contribution in [3.8, 4) is 0 Å². The molecule has 28 heavy (non-hydrogen) atoms. The van der Waals surface area contributed by atoms with Gasteiger partial charge in [0, 0.05) is 6.54 Å². The Labute approximate surface area is 165 Å². The first kappa shape index (κ1) is 18.9. The average Bonchev–Trinajstić information content (AvgIpc) is 3.23. The van der Waals surface area contributed by atoms with Crippen molar-refractivity contribution >= 4 is 16.9 Å². The molecular formula is C22H29N5O. The molecule has 1 aliphatic rings. The number of aryl methyl sites for hydroxylation is 1. The van der Waals surface area contributed by atoms with Gasteiger partial charge in [-0.3, -0.25) is 5.10 Å². The Bertz CT molecular complexity index is 858. The largest absolute Gasteiger partial charge is 0.393 e. The first-order chi connectivity index (χ1) is 13.8. The van der Waals surface area contributed by atoms with E-state index >= 15 is 0 Å². The average molecular weight is 380 g/mol. The van der Waals surface area contributed by atoms with E-state index in [0.717, 1.165) is 68.3 Å². The molecular weight excluding hydrogens is 350 g/mol. The van der Waals surface area contributed by atoms with Gasteiger partial charge in [-0.05, 0) is 62.3 Å². The van der Waals surface area contributed by atoms with Crippen LogP contribution in [0.3, 0.4) is 0 Å². The van der Waals surface area contributed by atoms with Gasteiger partial charge in [-0.25, -0.2) is 9.97 Å². The molecule has 0 radical (unpaired) electrons. The van der Waals surface area contributed by atoms with Crippen molar-refractivity contribution < 1.29 is 5.11 Å². The summed E-state index contributed by atoms with van der Waals surface area (Å²) in [5.41, 5.74) is 2.13. The highest BCUT2D eigenvalue weighted by Gasteiger charge is 2.26. The zero-order valence-electron chi connectivity index (χ0n) is 16.2. The van der Waals surface area contributed by atoms with Crippen LogP contribution in [0.4, 0.5) is 5.82 Å². The third-order valence-electron chi connectivity index (χ3n) is 6.05. The van der Waals surface area contributed by atoms with Gasteiger partial charge >= 0.3 is 0 Å². The number of aliphatic hydroxyl groups excluding tert-OH is 1. The van der Waals surface area contributed by atoms with Crippen molar-refractivity contribution in [3.05, 3.63) is 48.4 Å². The molecule has 2 heterocycles. The summed E-state index contributed by atoms with van der Waals surface area (Å²) in [6, 6.07) is 10.5. The maximum atomic E-state index is 10.6. The summed E-state index contributed by atoms with van der Waals surface area (Å²) in [5.74, 6) is 1.93. The lowest BCUT2D eigenvalue weighted by Gasteiger charge is -2.31. The van der Waals surface area contributed by atoms with Crippen LogP contribution in [0.2, 0.25) is 0 Å². The predicted octanol–water partition coefficient (Wildman–Crippen LogP) is 3.96. The van der Waals surface area contributed by atoms with Crippen LogP contribution in [0.5, 0.6) is 0 Å². The molecule has 1 fully saturated rings. The van der Waals surface area contributed by atoms with E-state index in [1.54, 1.807) is 12.5 Å². The topological polar surface area (TPSA) is 86.7 Å². The van der Waals surface area contributed by atoms with Crippen molar-refractivity contribution in [1.29, 1.82) is 0 Å². The summed E-state index contributed by atoms with van der Waals surface area (Å²) < 4.78 is 0. The summed E-state index contributed by atoms with van der Waals surface area (Å²) in [5, 5.41) is 21.9. The van der Waals surface area contributed by atoms with E-state index in [-0.39, 0.29) is 6.10 Å². The van der Waals surface area contributed by atoms with Gasteiger partial charge < -0.3 is 10.4 Å². The minimum Gasteiger partial charge on any atom is -0.393 e. The maximum Gasteiger partial charge on any atom is 0.160 e. The number of nitrogens with zero attached hydrogens (tertiary/aromatic N) is 3. The molecule has 0 bridgehead atoms. The SMILES string of the molecule is OC(CCCc1ccccc1)C1CCC(CNc2ncnc3[nH]ncc23)CC1. The highest BCUT2D eigenvalue weighted by molar-refractivity contribution is 5.85. The molecule has 0 spiro atoms. The number of aromatic nitrogens is 4. The van der Waals surface area contributed by atoms with Gasteiger partial charge in [-0.2, -0.15) is 5.10 Å². The number of hydrogen-bond donors (Lipinski definition) is 3. The lowest BCUT2D eigenvalue weighted by molar-refractivity contribution is 0.0666. The third kappa shape index (κ3) is 4.68. The Morgan fingerprint density at radius 1 is 1.11 bits per heavy atom. The fraction of sp³-hybridized carbons (Fsp3) is 0.500. The second kappa shape index (κ2) is 9.15. The van der Waals surface area contributed by atoms with Crippen molar-refractivity contribution in [3.63, 3.8) is 0 Å². The van der Waals surface area contributed by atoms with E-state index in [4.69, 9.17) is 0 Å². The maximum absolute atomic E-state index is 10.6. The van der Waals surface area contributed by atoms with Gasteiger partial charge in [0.25, 0.3) is 0 Å². The number of aliphatic hydroxyl groups is 1. The molecule has 0 saturated heterocycles. The van der Waals surface area contributed by atoms with Crippen LogP contribution in [0.25, 0.3) is 11.0 Å². The number of aromatic amines is 1. The molecule has 3 N–H and O–H groups in total. The van der Waals surface area contributed by atoms with Crippen molar-refractivity contribution in [2.75, 3.05) is 11.9 Å². The van der Waals surface area contributed by atoms with Crippen LogP contribution in [-0.4, -0.2) is 37.9 Å². The van der Waals surface area contributed by atoms with E-state index in [0.29, 0.717) is 11.8 Å². The van der Waals surface area contributed by atoms with Crippen LogP contribution in [0, 0.1) is 11.8 Å². The fourth-order valence-electron chi connectivity index (χ4n) is 4.32. The zero-order valence-corrected chi connectivity index (χ0v) is 16.2. The van der Waals surface area contributed by atoms with Crippen LogP contribution >= 0.6 is 0 Å². The number of benzene rings is 1. The molecule has 3 aromatic rings. The number of rotatable bonds is 8. The van der Waals surface area contributed by atoms with Crippen LogP contribution in [0.15, 0.2) is 42.9 Å². The second-order valence-electron chi connectivity index (χ2n) is 7.96. The minimum absolute atomic E-state index is 0.162. The summed E-state index contributed by atoms with van der Waals surface area (Å²) in [4.78, 5) is 8.52. The normalized spacial score (nSPS) is 20.9. The fourth-order valence-corrected chi connectivity index (χ4v) is 4.32. The van der Waals surface area contributed by atoms with Gasteiger partial charge in [-0.1, -0.05) is 30.3 Å². The van der Waals surface area contributed by atoms with Gasteiger partial charge in [0.15, 0.2) is 5.65 Å². The van der Waals surface area contributed by atoms with E-state index < -0.39 is 0 Å². The Morgan fingerprint density at radius 2 is 1.93 bits per heavy atom. The molecule has 1 aliphatic carbocycles. The van der Waals surface area contributed by atoms with Gasteiger partial charge in [0.1, 0.15) is 12.1 Å². The molecule has 1 saturated carbocycles. The van der Waals surface area contributed by atoms with E-state index in [9.17, 15) is 5.11 Å².